The predicted octanol–water partition coefficient (Wildman–Crippen LogP) is 6.10. The number of rotatable bonds is 11. The first-order valence-electron chi connectivity index (χ1n) is 11.5. The van der Waals surface area contributed by atoms with Crippen LogP contribution in [-0.2, 0) is 22.6 Å². The maximum atomic E-state index is 13.6. The van der Waals surface area contributed by atoms with Crippen LogP contribution in [0.5, 0.6) is 0 Å². The van der Waals surface area contributed by atoms with Crippen molar-refractivity contribution in [3.63, 3.8) is 0 Å². The van der Waals surface area contributed by atoms with E-state index in [2.05, 4.69) is 21.2 Å². The molecular weight excluding hydrogens is 508 g/mol. The molecule has 3 rings (SSSR count). The van der Waals surface area contributed by atoms with Gasteiger partial charge < -0.3 is 10.2 Å². The molecule has 3 aromatic rings. The standard InChI is InChI=1S/C28H31BrN2O2S/c1-3-21(2)30-28(33)26(18-22-11-6-4-7-12-22)31(19-23-13-10-14-24(29)17-23)27(32)20-34-25-15-8-5-9-16-25/h4-17,21,26H,3,18-20H2,1-2H3,(H,30,33)/t21-,26-/m0/s1. The average molecular weight is 540 g/mol. The lowest BCUT2D eigenvalue weighted by atomic mass is 10.0. The molecule has 2 atom stereocenters. The van der Waals surface area contributed by atoms with Crippen molar-refractivity contribution in [2.45, 2.75) is 50.2 Å². The van der Waals surface area contributed by atoms with Crippen LogP contribution >= 0.6 is 27.7 Å². The minimum Gasteiger partial charge on any atom is -0.352 e. The highest BCUT2D eigenvalue weighted by atomic mass is 79.9. The highest BCUT2D eigenvalue weighted by Crippen LogP contribution is 2.22. The summed E-state index contributed by atoms with van der Waals surface area (Å²) in [6.07, 6.45) is 1.28. The summed E-state index contributed by atoms with van der Waals surface area (Å²) >= 11 is 5.02. The molecule has 0 fully saturated rings. The number of nitrogens with one attached hydrogen (secondary N) is 1. The topological polar surface area (TPSA) is 49.4 Å². The molecule has 0 heterocycles. The van der Waals surface area contributed by atoms with Gasteiger partial charge in [0, 0.05) is 28.4 Å². The quantitative estimate of drug-likeness (QED) is 0.300. The smallest absolute Gasteiger partial charge is 0.243 e. The van der Waals surface area contributed by atoms with Crippen molar-refractivity contribution in [3.05, 3.63) is 101 Å². The van der Waals surface area contributed by atoms with Crippen LogP contribution in [0.3, 0.4) is 0 Å². The molecule has 0 radical (unpaired) electrons. The molecule has 6 heteroatoms. The summed E-state index contributed by atoms with van der Waals surface area (Å²) in [6, 6.07) is 27.1. The summed E-state index contributed by atoms with van der Waals surface area (Å²) in [5.41, 5.74) is 2.00. The molecule has 0 aromatic heterocycles. The summed E-state index contributed by atoms with van der Waals surface area (Å²) < 4.78 is 0.944. The van der Waals surface area contributed by atoms with E-state index >= 15 is 0 Å². The van der Waals surface area contributed by atoms with E-state index in [0.29, 0.717) is 13.0 Å². The third-order valence-corrected chi connectivity index (χ3v) is 7.11. The van der Waals surface area contributed by atoms with Gasteiger partial charge in [-0.15, -0.1) is 11.8 Å². The largest absolute Gasteiger partial charge is 0.352 e. The first-order chi connectivity index (χ1) is 16.5. The number of thioether (sulfide) groups is 1. The van der Waals surface area contributed by atoms with Gasteiger partial charge in [-0.1, -0.05) is 83.5 Å². The van der Waals surface area contributed by atoms with Crippen LogP contribution in [0.15, 0.2) is 94.3 Å². The van der Waals surface area contributed by atoms with Gasteiger partial charge in [0.1, 0.15) is 6.04 Å². The number of carbonyl (C=O) groups is 2. The Balaban J connectivity index is 1.91. The lowest BCUT2D eigenvalue weighted by Crippen LogP contribution is -2.52. The highest BCUT2D eigenvalue weighted by Gasteiger charge is 2.31. The zero-order valence-corrected chi connectivity index (χ0v) is 22.0. The Morgan fingerprint density at radius 3 is 2.24 bits per heavy atom. The number of carbonyl (C=O) groups excluding carboxylic acids is 2. The van der Waals surface area contributed by atoms with Crippen LogP contribution in [0.2, 0.25) is 0 Å². The number of hydrogen-bond acceptors (Lipinski definition) is 3. The Morgan fingerprint density at radius 1 is 0.941 bits per heavy atom. The Hall–Kier alpha value is -2.57. The molecule has 0 saturated heterocycles. The van der Waals surface area contributed by atoms with Gasteiger partial charge in [-0.25, -0.2) is 0 Å². The normalized spacial score (nSPS) is 12.6. The van der Waals surface area contributed by atoms with E-state index < -0.39 is 6.04 Å². The molecule has 0 saturated carbocycles. The molecular formula is C28H31BrN2O2S. The Labute approximate surface area is 215 Å². The molecule has 4 nitrogen and oxygen atoms in total. The van der Waals surface area contributed by atoms with Gasteiger partial charge in [-0.05, 0) is 48.7 Å². The number of nitrogens with zero attached hydrogens (tertiary/aromatic N) is 1. The number of hydrogen-bond donors (Lipinski definition) is 1. The molecule has 0 aliphatic heterocycles. The van der Waals surface area contributed by atoms with Gasteiger partial charge >= 0.3 is 0 Å². The van der Waals surface area contributed by atoms with E-state index in [1.165, 1.54) is 11.8 Å². The average Bonchev–Trinajstić information content (AvgIpc) is 2.85. The fourth-order valence-corrected chi connectivity index (χ4v) is 4.82. The van der Waals surface area contributed by atoms with Gasteiger partial charge in [0.05, 0.1) is 5.75 Å². The molecule has 0 bridgehead atoms. The van der Waals surface area contributed by atoms with E-state index in [9.17, 15) is 9.59 Å². The second-order valence-corrected chi connectivity index (χ2v) is 10.2. The summed E-state index contributed by atoms with van der Waals surface area (Å²) in [7, 11) is 0. The van der Waals surface area contributed by atoms with Crippen LogP contribution in [0.25, 0.3) is 0 Å². The molecule has 0 aliphatic rings. The molecule has 0 aliphatic carbocycles. The molecule has 34 heavy (non-hydrogen) atoms. The van der Waals surface area contributed by atoms with Crippen molar-refractivity contribution in [3.8, 4) is 0 Å². The minimum absolute atomic E-state index is 0.0345. The molecule has 2 amide bonds. The number of benzene rings is 3. The van der Waals surface area contributed by atoms with Crippen molar-refractivity contribution >= 4 is 39.5 Å². The van der Waals surface area contributed by atoms with Crippen LogP contribution < -0.4 is 5.32 Å². The number of halogens is 1. The lowest BCUT2D eigenvalue weighted by molar-refractivity contribution is -0.139. The van der Waals surface area contributed by atoms with E-state index in [4.69, 9.17) is 0 Å². The summed E-state index contributed by atoms with van der Waals surface area (Å²) in [4.78, 5) is 29.9. The molecule has 1 N–H and O–H groups in total. The summed E-state index contributed by atoms with van der Waals surface area (Å²) in [5, 5.41) is 3.11. The monoisotopic (exact) mass is 538 g/mol. The first kappa shape index (κ1) is 26.0. The second-order valence-electron chi connectivity index (χ2n) is 8.28. The van der Waals surface area contributed by atoms with Crippen molar-refractivity contribution in [2.75, 3.05) is 5.75 Å². The van der Waals surface area contributed by atoms with Crippen LogP contribution in [0, 0.1) is 0 Å². The van der Waals surface area contributed by atoms with Gasteiger partial charge in [-0.3, -0.25) is 9.59 Å². The Bertz CT molecular complexity index is 1060. The molecule has 3 aromatic carbocycles. The lowest BCUT2D eigenvalue weighted by Gasteiger charge is -2.32. The molecule has 0 spiro atoms. The SMILES string of the molecule is CC[C@H](C)NC(=O)[C@H](Cc1ccccc1)N(Cc1cccc(Br)c1)C(=O)CSc1ccccc1. The predicted molar refractivity (Wildman–Crippen MR) is 144 cm³/mol. The van der Waals surface area contributed by atoms with Crippen LogP contribution in [0.1, 0.15) is 31.4 Å². The van der Waals surface area contributed by atoms with E-state index in [1.54, 1.807) is 4.90 Å². The third kappa shape index (κ3) is 8.03. The second kappa shape index (κ2) is 13.4. The maximum Gasteiger partial charge on any atom is 0.243 e. The summed E-state index contributed by atoms with van der Waals surface area (Å²) in [6.45, 7) is 4.39. The van der Waals surface area contributed by atoms with E-state index in [-0.39, 0.29) is 23.6 Å². The molecule has 178 valence electrons. The fraction of sp³-hybridized carbons (Fsp3) is 0.286. The van der Waals surface area contributed by atoms with Crippen molar-refractivity contribution in [1.29, 1.82) is 0 Å². The maximum absolute atomic E-state index is 13.6. The van der Waals surface area contributed by atoms with Crippen molar-refractivity contribution in [1.82, 2.24) is 10.2 Å². The van der Waals surface area contributed by atoms with Crippen molar-refractivity contribution < 1.29 is 9.59 Å². The van der Waals surface area contributed by atoms with E-state index in [0.717, 1.165) is 26.9 Å². The van der Waals surface area contributed by atoms with Crippen LogP contribution in [-0.4, -0.2) is 34.6 Å². The van der Waals surface area contributed by atoms with Gasteiger partial charge in [0.15, 0.2) is 0 Å². The molecule has 0 unspecified atom stereocenters. The zero-order valence-electron chi connectivity index (χ0n) is 19.6. The van der Waals surface area contributed by atoms with Gasteiger partial charge in [-0.2, -0.15) is 0 Å². The third-order valence-electron chi connectivity index (χ3n) is 5.62. The highest BCUT2D eigenvalue weighted by molar-refractivity contribution is 9.10. The van der Waals surface area contributed by atoms with Gasteiger partial charge in [0.2, 0.25) is 11.8 Å². The summed E-state index contributed by atoms with van der Waals surface area (Å²) in [5.74, 6) is 0.0835. The first-order valence-corrected chi connectivity index (χ1v) is 13.3. The Kier molecular flexibility index (Phi) is 10.2. The minimum atomic E-state index is -0.612. The fourth-order valence-electron chi connectivity index (χ4n) is 3.57. The Morgan fingerprint density at radius 2 is 1.59 bits per heavy atom. The number of amides is 2. The van der Waals surface area contributed by atoms with Crippen molar-refractivity contribution in [2.24, 2.45) is 0 Å². The zero-order chi connectivity index (χ0) is 24.3. The van der Waals surface area contributed by atoms with Gasteiger partial charge in [0.25, 0.3) is 0 Å². The van der Waals surface area contributed by atoms with E-state index in [1.807, 2.05) is 98.8 Å². The van der Waals surface area contributed by atoms with Crippen LogP contribution in [0.4, 0.5) is 0 Å².